The van der Waals surface area contributed by atoms with Gasteiger partial charge in [0.05, 0.1) is 12.1 Å². The van der Waals surface area contributed by atoms with Gasteiger partial charge in [-0.3, -0.25) is 4.98 Å². The molecule has 0 aliphatic rings. The van der Waals surface area contributed by atoms with Crippen LogP contribution in [-0.2, 0) is 23.1 Å². The van der Waals surface area contributed by atoms with Crippen molar-refractivity contribution >= 4 is 21.4 Å². The van der Waals surface area contributed by atoms with E-state index in [0.717, 1.165) is 4.88 Å². The fraction of sp³-hybridized carbons (Fsp3) is 0.417. The van der Waals surface area contributed by atoms with Crippen molar-refractivity contribution < 1.29 is 12.8 Å². The molecule has 0 unspecified atom stereocenters. The maximum absolute atomic E-state index is 12.0. The van der Waals surface area contributed by atoms with Gasteiger partial charge >= 0.3 is 0 Å². The minimum Gasteiger partial charge on any atom is -0.447 e. The molecule has 0 fully saturated rings. The van der Waals surface area contributed by atoms with E-state index in [0.29, 0.717) is 18.3 Å². The van der Waals surface area contributed by atoms with Crippen molar-refractivity contribution in [2.45, 2.75) is 38.1 Å². The zero-order valence-electron chi connectivity index (χ0n) is 11.3. The van der Waals surface area contributed by atoms with Gasteiger partial charge in [-0.2, -0.15) is 0 Å². The van der Waals surface area contributed by atoms with Crippen molar-refractivity contribution in [3.05, 3.63) is 34.5 Å². The number of nitrogens with zero attached hydrogens (tertiary/aromatic N) is 1. The molecule has 0 atom stereocenters. The second kappa shape index (κ2) is 6.49. The fourth-order valence-electron chi connectivity index (χ4n) is 1.47. The molecule has 20 heavy (non-hydrogen) atoms. The number of sulfonamides is 1. The molecule has 8 heteroatoms. The molecule has 0 spiro atoms. The summed E-state index contributed by atoms with van der Waals surface area (Å²) in [5, 5.41) is 3.10. The van der Waals surface area contributed by atoms with Gasteiger partial charge in [0.15, 0.2) is 0 Å². The molecule has 0 saturated heterocycles. The highest BCUT2D eigenvalue weighted by Gasteiger charge is 2.18. The van der Waals surface area contributed by atoms with Crippen molar-refractivity contribution in [1.82, 2.24) is 15.0 Å². The summed E-state index contributed by atoms with van der Waals surface area (Å²) in [6, 6.07) is 3.44. The van der Waals surface area contributed by atoms with E-state index in [1.807, 2.05) is 13.8 Å². The minimum atomic E-state index is -3.62. The lowest BCUT2D eigenvalue weighted by Gasteiger charge is -2.05. The van der Waals surface area contributed by atoms with Crippen LogP contribution in [0.1, 0.15) is 24.5 Å². The van der Waals surface area contributed by atoms with E-state index in [2.05, 4.69) is 15.0 Å². The molecule has 0 radical (unpaired) electrons. The predicted molar refractivity (Wildman–Crippen MR) is 76.8 cm³/mol. The summed E-state index contributed by atoms with van der Waals surface area (Å²) >= 11 is 1.40. The smallest absolute Gasteiger partial charge is 0.274 e. The van der Waals surface area contributed by atoms with Crippen LogP contribution in [0.3, 0.4) is 0 Å². The van der Waals surface area contributed by atoms with Crippen molar-refractivity contribution in [2.24, 2.45) is 0 Å². The van der Waals surface area contributed by atoms with Crippen molar-refractivity contribution in [2.75, 3.05) is 0 Å². The van der Waals surface area contributed by atoms with Crippen LogP contribution in [0.4, 0.5) is 0 Å². The number of nitrogens with one attached hydrogen (secondary N) is 2. The molecule has 2 N–H and O–H groups in total. The normalized spacial score (nSPS) is 12.2. The molecular formula is C12H17N3O3S2. The predicted octanol–water partition coefficient (Wildman–Crippen LogP) is 1.71. The number of thiazole rings is 1. The first-order valence-electron chi connectivity index (χ1n) is 6.16. The summed E-state index contributed by atoms with van der Waals surface area (Å²) in [6.45, 7) is 4.74. The second-order valence-corrected chi connectivity index (χ2v) is 7.22. The summed E-state index contributed by atoms with van der Waals surface area (Å²) in [7, 11) is -3.62. The Bertz CT molecular complexity index is 633. The number of hydrogen-bond acceptors (Lipinski definition) is 6. The molecule has 0 aliphatic heterocycles. The highest BCUT2D eigenvalue weighted by atomic mass is 32.2. The number of aromatic nitrogens is 1. The topological polar surface area (TPSA) is 84.2 Å². The maximum Gasteiger partial charge on any atom is 0.274 e. The number of furan rings is 1. The Morgan fingerprint density at radius 2 is 2.15 bits per heavy atom. The van der Waals surface area contributed by atoms with Crippen LogP contribution in [0.15, 0.2) is 33.3 Å². The molecule has 2 heterocycles. The second-order valence-electron chi connectivity index (χ2n) is 4.55. The number of hydrogen-bond donors (Lipinski definition) is 2. The molecule has 0 bridgehead atoms. The third kappa shape index (κ3) is 4.14. The van der Waals surface area contributed by atoms with Gasteiger partial charge < -0.3 is 9.73 Å². The fourth-order valence-corrected chi connectivity index (χ4v) is 3.05. The average Bonchev–Trinajstić information content (AvgIpc) is 3.05. The van der Waals surface area contributed by atoms with E-state index in [-0.39, 0.29) is 11.6 Å². The summed E-state index contributed by atoms with van der Waals surface area (Å²) in [5.74, 6) is 0.594. The Morgan fingerprint density at radius 1 is 1.35 bits per heavy atom. The monoisotopic (exact) mass is 315 g/mol. The largest absolute Gasteiger partial charge is 0.447 e. The van der Waals surface area contributed by atoms with Crippen molar-refractivity contribution in [3.8, 4) is 0 Å². The van der Waals surface area contributed by atoms with E-state index in [4.69, 9.17) is 4.42 Å². The van der Waals surface area contributed by atoms with E-state index in [1.165, 1.54) is 17.4 Å². The van der Waals surface area contributed by atoms with Gasteiger partial charge in [-0.15, -0.1) is 11.3 Å². The van der Waals surface area contributed by atoms with Crippen molar-refractivity contribution in [1.29, 1.82) is 0 Å². The zero-order chi connectivity index (χ0) is 14.6. The SMILES string of the molecule is CC(C)NCc1ccc(S(=O)(=O)NCc2cncs2)o1. The summed E-state index contributed by atoms with van der Waals surface area (Å²) in [6.07, 6.45) is 1.63. The van der Waals surface area contributed by atoms with E-state index in [1.54, 1.807) is 17.8 Å². The zero-order valence-corrected chi connectivity index (χ0v) is 12.9. The van der Waals surface area contributed by atoms with Gasteiger partial charge in [-0.25, -0.2) is 13.1 Å². The molecule has 0 amide bonds. The number of rotatable bonds is 7. The van der Waals surface area contributed by atoms with Gasteiger partial charge in [-0.05, 0) is 12.1 Å². The lowest BCUT2D eigenvalue weighted by molar-refractivity contribution is 0.393. The quantitative estimate of drug-likeness (QED) is 0.812. The van der Waals surface area contributed by atoms with Crippen LogP contribution in [-0.4, -0.2) is 19.4 Å². The van der Waals surface area contributed by atoms with Gasteiger partial charge in [-0.1, -0.05) is 13.8 Å². The molecule has 2 aromatic rings. The Balaban J connectivity index is 1.98. The van der Waals surface area contributed by atoms with E-state index >= 15 is 0 Å². The van der Waals surface area contributed by atoms with E-state index in [9.17, 15) is 8.42 Å². The van der Waals surface area contributed by atoms with Crippen LogP contribution < -0.4 is 10.0 Å². The lowest BCUT2D eigenvalue weighted by atomic mass is 10.3. The van der Waals surface area contributed by atoms with E-state index < -0.39 is 10.0 Å². The molecule has 0 aromatic carbocycles. The van der Waals surface area contributed by atoms with Gasteiger partial charge in [0.2, 0.25) is 5.09 Å². The standard InChI is InChI=1S/C12H17N3O3S2/c1-9(2)14-5-10-3-4-12(18-10)20(16,17)15-7-11-6-13-8-19-11/h3-4,6,8-9,14-15H,5,7H2,1-2H3. The van der Waals surface area contributed by atoms with Crippen LogP contribution in [0.2, 0.25) is 0 Å². The maximum atomic E-state index is 12.0. The average molecular weight is 315 g/mol. The summed E-state index contributed by atoms with van der Waals surface area (Å²) in [4.78, 5) is 4.74. The molecule has 0 aliphatic carbocycles. The third-order valence-corrected chi connectivity index (χ3v) is 4.56. The Labute approximate surface area is 122 Å². The summed E-state index contributed by atoms with van der Waals surface area (Å²) < 4.78 is 31.9. The molecule has 0 saturated carbocycles. The highest BCUT2D eigenvalue weighted by molar-refractivity contribution is 7.89. The highest BCUT2D eigenvalue weighted by Crippen LogP contribution is 2.15. The molecule has 6 nitrogen and oxygen atoms in total. The lowest BCUT2D eigenvalue weighted by Crippen LogP contribution is -2.23. The van der Waals surface area contributed by atoms with Crippen LogP contribution in [0, 0.1) is 0 Å². The molecule has 110 valence electrons. The van der Waals surface area contributed by atoms with Crippen LogP contribution in [0.5, 0.6) is 0 Å². The van der Waals surface area contributed by atoms with Gasteiger partial charge in [0.1, 0.15) is 5.76 Å². The third-order valence-electron chi connectivity index (χ3n) is 2.51. The van der Waals surface area contributed by atoms with Gasteiger partial charge in [0, 0.05) is 23.7 Å². The van der Waals surface area contributed by atoms with Crippen LogP contribution in [0.25, 0.3) is 0 Å². The Hall–Kier alpha value is -1.22. The Kier molecular flexibility index (Phi) is 4.92. The molecule has 2 aromatic heterocycles. The summed E-state index contributed by atoms with van der Waals surface area (Å²) in [5.41, 5.74) is 1.66. The Morgan fingerprint density at radius 3 is 2.80 bits per heavy atom. The molecular weight excluding hydrogens is 298 g/mol. The van der Waals surface area contributed by atoms with Crippen LogP contribution >= 0.6 is 11.3 Å². The van der Waals surface area contributed by atoms with Crippen molar-refractivity contribution in [3.63, 3.8) is 0 Å². The van der Waals surface area contributed by atoms with Gasteiger partial charge in [0.25, 0.3) is 10.0 Å². The first-order chi connectivity index (χ1) is 9.47. The first-order valence-corrected chi connectivity index (χ1v) is 8.53. The first kappa shape index (κ1) is 15.2. The minimum absolute atomic E-state index is 0.0671. The molecule has 2 rings (SSSR count).